The summed E-state index contributed by atoms with van der Waals surface area (Å²) < 4.78 is 0. The Hall–Kier alpha value is -2.59. The first kappa shape index (κ1) is 15.3. The highest BCUT2D eigenvalue weighted by molar-refractivity contribution is 6.24. The van der Waals surface area contributed by atoms with Crippen LogP contribution in [-0.2, 0) is 6.42 Å². The molecular weight excluding hydrogens is 312 g/mol. The Morgan fingerprint density at radius 1 is 0.957 bits per heavy atom. The molecule has 23 heavy (non-hydrogen) atoms. The number of benzene rings is 2. The summed E-state index contributed by atoms with van der Waals surface area (Å²) in [5, 5.41) is 3.28. The Balaban J connectivity index is 0.000000136. The van der Waals surface area contributed by atoms with Crippen molar-refractivity contribution in [1.29, 1.82) is 0 Å². The Morgan fingerprint density at radius 2 is 1.61 bits per heavy atom. The molecule has 116 valence electrons. The summed E-state index contributed by atoms with van der Waals surface area (Å²) in [6, 6.07) is 12.9. The third kappa shape index (κ3) is 3.27. The zero-order valence-electron chi connectivity index (χ0n) is 12.3. The van der Waals surface area contributed by atoms with E-state index in [1.54, 1.807) is 24.3 Å². The van der Waals surface area contributed by atoms with E-state index in [1.807, 2.05) is 12.1 Å². The SMILES string of the molecule is ClNc1ccc2c(c1)CCN2.O=C1C=CC(=O)c2ccccc21. The van der Waals surface area contributed by atoms with Crippen LogP contribution in [0.25, 0.3) is 0 Å². The lowest BCUT2D eigenvalue weighted by atomic mass is 9.95. The van der Waals surface area contributed by atoms with Gasteiger partial charge >= 0.3 is 0 Å². The smallest absolute Gasteiger partial charge is 0.186 e. The Labute approximate surface area is 139 Å². The summed E-state index contributed by atoms with van der Waals surface area (Å²) >= 11 is 5.46. The van der Waals surface area contributed by atoms with Gasteiger partial charge in [-0.3, -0.25) is 14.4 Å². The lowest BCUT2D eigenvalue weighted by Crippen LogP contribution is -2.10. The maximum atomic E-state index is 11.2. The minimum atomic E-state index is -0.0924. The number of nitrogens with one attached hydrogen (secondary N) is 2. The Kier molecular flexibility index (Phi) is 4.44. The number of allylic oxidation sites excluding steroid dienone is 2. The Morgan fingerprint density at radius 3 is 2.22 bits per heavy atom. The molecule has 0 saturated heterocycles. The number of hydrogen-bond acceptors (Lipinski definition) is 4. The van der Waals surface area contributed by atoms with Gasteiger partial charge < -0.3 is 5.32 Å². The first-order chi connectivity index (χ1) is 11.2. The first-order valence-electron chi connectivity index (χ1n) is 7.28. The van der Waals surface area contributed by atoms with Gasteiger partial charge in [-0.2, -0.15) is 0 Å². The van der Waals surface area contributed by atoms with Gasteiger partial charge in [0.2, 0.25) is 0 Å². The minimum Gasteiger partial charge on any atom is -0.384 e. The number of rotatable bonds is 1. The Bertz CT molecular complexity index is 762. The molecule has 4 nitrogen and oxygen atoms in total. The van der Waals surface area contributed by atoms with Gasteiger partial charge in [-0.25, -0.2) is 0 Å². The maximum Gasteiger partial charge on any atom is 0.186 e. The van der Waals surface area contributed by atoms with Crippen LogP contribution in [-0.4, -0.2) is 18.1 Å². The molecule has 1 aliphatic carbocycles. The molecule has 2 aliphatic rings. The molecule has 0 spiro atoms. The number of ketones is 2. The van der Waals surface area contributed by atoms with Crippen LogP contribution in [0.1, 0.15) is 26.3 Å². The number of hydrogen-bond donors (Lipinski definition) is 2. The summed E-state index contributed by atoms with van der Waals surface area (Å²) in [6.45, 7) is 1.04. The molecule has 2 N–H and O–H groups in total. The molecule has 1 heterocycles. The van der Waals surface area contributed by atoms with E-state index in [-0.39, 0.29) is 11.6 Å². The predicted octanol–water partition coefficient (Wildman–Crippen LogP) is 3.84. The van der Waals surface area contributed by atoms with E-state index in [9.17, 15) is 9.59 Å². The van der Waals surface area contributed by atoms with Crippen molar-refractivity contribution >= 4 is 34.7 Å². The van der Waals surface area contributed by atoms with Crippen molar-refractivity contribution in [2.75, 3.05) is 16.7 Å². The molecule has 0 fully saturated rings. The van der Waals surface area contributed by atoms with Crippen molar-refractivity contribution in [2.45, 2.75) is 6.42 Å². The minimum absolute atomic E-state index is 0.0924. The number of carbonyl (C=O) groups excluding carboxylic acids is 2. The van der Waals surface area contributed by atoms with E-state index < -0.39 is 0 Å². The number of anilines is 2. The van der Waals surface area contributed by atoms with Crippen LogP contribution in [0, 0.1) is 0 Å². The maximum absolute atomic E-state index is 11.2. The molecule has 2 aromatic rings. The average molecular weight is 327 g/mol. The van der Waals surface area contributed by atoms with Crippen LogP contribution in [0.5, 0.6) is 0 Å². The van der Waals surface area contributed by atoms with E-state index in [1.165, 1.54) is 23.4 Å². The van der Waals surface area contributed by atoms with E-state index in [2.05, 4.69) is 16.2 Å². The molecular formula is C18H15ClN2O2. The normalized spacial score (nSPS) is 14.3. The van der Waals surface area contributed by atoms with E-state index in [4.69, 9.17) is 11.8 Å². The van der Waals surface area contributed by atoms with Crippen LogP contribution in [0.2, 0.25) is 0 Å². The summed E-state index contributed by atoms with van der Waals surface area (Å²) in [6.07, 6.45) is 3.72. The van der Waals surface area contributed by atoms with Gasteiger partial charge in [-0.15, -0.1) is 0 Å². The third-order valence-electron chi connectivity index (χ3n) is 3.77. The highest BCUT2D eigenvalue weighted by atomic mass is 35.5. The van der Waals surface area contributed by atoms with Crippen molar-refractivity contribution in [3.63, 3.8) is 0 Å². The first-order valence-corrected chi connectivity index (χ1v) is 7.66. The zero-order chi connectivity index (χ0) is 16.2. The molecule has 4 rings (SSSR count). The molecule has 0 aromatic heterocycles. The quantitative estimate of drug-likeness (QED) is 0.782. The largest absolute Gasteiger partial charge is 0.384 e. The lowest BCUT2D eigenvalue weighted by Gasteiger charge is -2.06. The second-order valence-corrected chi connectivity index (χ2v) is 5.44. The van der Waals surface area contributed by atoms with Crippen molar-refractivity contribution in [1.82, 2.24) is 0 Å². The topological polar surface area (TPSA) is 58.2 Å². The molecule has 0 bridgehead atoms. The van der Waals surface area contributed by atoms with Crippen LogP contribution in [0.4, 0.5) is 11.4 Å². The van der Waals surface area contributed by atoms with Crippen LogP contribution < -0.4 is 10.2 Å². The predicted molar refractivity (Wildman–Crippen MR) is 92.4 cm³/mol. The highest BCUT2D eigenvalue weighted by Crippen LogP contribution is 2.25. The summed E-state index contributed by atoms with van der Waals surface area (Å²) in [5.74, 6) is -0.185. The molecule has 0 saturated carbocycles. The molecule has 0 radical (unpaired) electrons. The van der Waals surface area contributed by atoms with Gasteiger partial charge in [0, 0.05) is 40.8 Å². The number of halogens is 1. The molecule has 0 atom stereocenters. The van der Waals surface area contributed by atoms with Crippen molar-refractivity contribution in [3.05, 3.63) is 71.3 Å². The monoisotopic (exact) mass is 326 g/mol. The van der Waals surface area contributed by atoms with Gasteiger partial charge in [0.05, 0.1) is 0 Å². The number of fused-ring (bicyclic) bond motifs is 2. The molecule has 5 heteroatoms. The molecule has 2 aromatic carbocycles. The molecule has 0 unspecified atom stereocenters. The second-order valence-electron chi connectivity index (χ2n) is 5.25. The van der Waals surface area contributed by atoms with Crippen LogP contribution >= 0.6 is 11.8 Å². The van der Waals surface area contributed by atoms with Crippen molar-refractivity contribution in [2.24, 2.45) is 0 Å². The third-order valence-corrected chi connectivity index (χ3v) is 3.99. The van der Waals surface area contributed by atoms with Gasteiger partial charge in [0.25, 0.3) is 0 Å². The standard InChI is InChI=1S/C10H6O2.C8H9ClN2/c11-9-5-6-10(12)8-4-2-1-3-7(8)9;9-11-7-1-2-8-6(5-7)3-4-10-8/h1-6H;1-2,5,10-11H,3-4H2. The van der Waals surface area contributed by atoms with Gasteiger partial charge in [-0.05, 0) is 42.3 Å². The van der Waals surface area contributed by atoms with E-state index in [0.717, 1.165) is 18.7 Å². The highest BCUT2D eigenvalue weighted by Gasteiger charge is 2.17. The fourth-order valence-corrected chi connectivity index (χ4v) is 2.72. The fraction of sp³-hybridized carbons (Fsp3) is 0.111. The average Bonchev–Trinajstić information content (AvgIpc) is 3.06. The van der Waals surface area contributed by atoms with Gasteiger partial charge in [-0.1, -0.05) is 24.3 Å². The zero-order valence-corrected chi connectivity index (χ0v) is 13.1. The van der Waals surface area contributed by atoms with Gasteiger partial charge in [0.15, 0.2) is 11.6 Å². The van der Waals surface area contributed by atoms with Gasteiger partial charge in [0.1, 0.15) is 0 Å². The molecule has 1 aliphatic heterocycles. The van der Waals surface area contributed by atoms with E-state index >= 15 is 0 Å². The molecule has 0 amide bonds. The fourth-order valence-electron chi connectivity index (χ4n) is 2.61. The summed E-state index contributed by atoms with van der Waals surface area (Å²) in [7, 11) is 0. The summed E-state index contributed by atoms with van der Waals surface area (Å²) in [5.41, 5.74) is 4.56. The van der Waals surface area contributed by atoms with Crippen molar-refractivity contribution < 1.29 is 9.59 Å². The van der Waals surface area contributed by atoms with Crippen LogP contribution in [0.3, 0.4) is 0 Å². The van der Waals surface area contributed by atoms with Crippen molar-refractivity contribution in [3.8, 4) is 0 Å². The second kappa shape index (κ2) is 6.67. The number of carbonyl (C=O) groups is 2. The van der Waals surface area contributed by atoms with E-state index in [0.29, 0.717) is 11.1 Å². The summed E-state index contributed by atoms with van der Waals surface area (Å²) in [4.78, 5) is 25.0. The lowest BCUT2D eigenvalue weighted by molar-refractivity contribution is 0.0994. The van der Waals surface area contributed by atoms with Crippen LogP contribution in [0.15, 0.2) is 54.6 Å².